The van der Waals surface area contributed by atoms with Gasteiger partial charge in [-0.15, -0.1) is 0 Å². The van der Waals surface area contributed by atoms with E-state index in [2.05, 4.69) is 0 Å². The SMILES string of the molecule is COc1ccc(N)c(C(=O)N2C[C@@H](O)[C@@H](O)C2)c1. The van der Waals surface area contributed by atoms with Gasteiger partial charge in [-0.25, -0.2) is 0 Å². The van der Waals surface area contributed by atoms with E-state index in [1.54, 1.807) is 18.2 Å². The molecule has 1 fully saturated rings. The van der Waals surface area contributed by atoms with Crippen molar-refractivity contribution in [1.29, 1.82) is 0 Å². The van der Waals surface area contributed by atoms with Gasteiger partial charge in [-0.1, -0.05) is 0 Å². The number of nitrogens with two attached hydrogens (primary N) is 1. The van der Waals surface area contributed by atoms with Gasteiger partial charge in [0.1, 0.15) is 5.75 Å². The molecule has 0 spiro atoms. The molecule has 1 aromatic rings. The molecule has 98 valence electrons. The number of ether oxygens (including phenoxy) is 1. The van der Waals surface area contributed by atoms with E-state index in [0.717, 1.165) is 0 Å². The maximum Gasteiger partial charge on any atom is 0.256 e. The maximum atomic E-state index is 12.2. The lowest BCUT2D eigenvalue weighted by molar-refractivity contribution is 0.0572. The number of β-amino-alcohol motifs (C(OH)–C–C–N with tert-alkyl or cyclic N) is 2. The number of benzene rings is 1. The Morgan fingerprint density at radius 3 is 2.56 bits per heavy atom. The summed E-state index contributed by atoms with van der Waals surface area (Å²) in [5, 5.41) is 18.9. The van der Waals surface area contributed by atoms with E-state index < -0.39 is 12.2 Å². The summed E-state index contributed by atoms with van der Waals surface area (Å²) in [7, 11) is 1.50. The summed E-state index contributed by atoms with van der Waals surface area (Å²) in [6, 6.07) is 4.81. The number of aliphatic hydroxyl groups excluding tert-OH is 2. The van der Waals surface area contributed by atoms with E-state index in [1.807, 2.05) is 0 Å². The summed E-state index contributed by atoms with van der Waals surface area (Å²) in [6.07, 6.45) is -1.80. The summed E-state index contributed by atoms with van der Waals surface area (Å²) in [5.41, 5.74) is 6.41. The Hall–Kier alpha value is -1.79. The van der Waals surface area contributed by atoms with E-state index in [9.17, 15) is 15.0 Å². The lowest BCUT2D eigenvalue weighted by Crippen LogP contribution is -2.30. The Morgan fingerprint density at radius 1 is 1.39 bits per heavy atom. The number of aliphatic hydroxyl groups is 2. The second kappa shape index (κ2) is 4.83. The topological polar surface area (TPSA) is 96.0 Å². The molecule has 6 heteroatoms. The molecule has 1 heterocycles. The first-order valence-corrected chi connectivity index (χ1v) is 5.62. The van der Waals surface area contributed by atoms with Crippen LogP contribution in [0, 0.1) is 0 Å². The van der Waals surface area contributed by atoms with Crippen LogP contribution in [0.4, 0.5) is 5.69 Å². The Morgan fingerprint density at radius 2 is 2.00 bits per heavy atom. The molecular formula is C12H16N2O4. The minimum atomic E-state index is -0.902. The van der Waals surface area contributed by atoms with Crippen LogP contribution in [0.15, 0.2) is 18.2 Å². The number of carbonyl (C=O) groups is 1. The number of hydrogen-bond donors (Lipinski definition) is 3. The Balaban J connectivity index is 2.23. The van der Waals surface area contributed by atoms with Gasteiger partial charge >= 0.3 is 0 Å². The third-order valence-corrected chi connectivity index (χ3v) is 3.04. The van der Waals surface area contributed by atoms with Crippen molar-refractivity contribution < 1.29 is 19.7 Å². The lowest BCUT2D eigenvalue weighted by Gasteiger charge is -2.17. The molecule has 1 amide bonds. The number of carbonyl (C=O) groups excluding carboxylic acids is 1. The van der Waals surface area contributed by atoms with E-state index in [1.165, 1.54) is 12.0 Å². The standard InChI is InChI=1S/C12H16N2O4/c1-18-7-2-3-9(13)8(4-7)12(17)14-5-10(15)11(16)6-14/h2-4,10-11,15-16H,5-6,13H2,1H3/t10-,11+. The van der Waals surface area contributed by atoms with Gasteiger partial charge in [-0.05, 0) is 18.2 Å². The third kappa shape index (κ3) is 2.25. The zero-order valence-electron chi connectivity index (χ0n) is 10.0. The fourth-order valence-electron chi connectivity index (χ4n) is 1.95. The van der Waals surface area contributed by atoms with E-state index >= 15 is 0 Å². The maximum absolute atomic E-state index is 12.2. The number of hydrogen-bond acceptors (Lipinski definition) is 5. The van der Waals surface area contributed by atoms with Crippen molar-refractivity contribution >= 4 is 11.6 Å². The van der Waals surface area contributed by atoms with Crippen LogP contribution in [0.2, 0.25) is 0 Å². The average Bonchev–Trinajstić information content (AvgIpc) is 2.69. The van der Waals surface area contributed by atoms with Crippen LogP contribution in [0.25, 0.3) is 0 Å². The summed E-state index contributed by atoms with van der Waals surface area (Å²) in [4.78, 5) is 13.6. The molecule has 2 atom stereocenters. The molecule has 0 saturated carbocycles. The smallest absolute Gasteiger partial charge is 0.256 e. The van der Waals surface area contributed by atoms with Gasteiger partial charge in [-0.3, -0.25) is 4.79 Å². The Bertz CT molecular complexity index is 453. The lowest BCUT2D eigenvalue weighted by atomic mass is 10.1. The molecular weight excluding hydrogens is 236 g/mol. The van der Waals surface area contributed by atoms with E-state index in [4.69, 9.17) is 10.5 Å². The highest BCUT2D eigenvalue weighted by atomic mass is 16.5. The molecule has 1 aliphatic heterocycles. The van der Waals surface area contributed by atoms with Crippen LogP contribution in [-0.2, 0) is 0 Å². The second-order valence-corrected chi connectivity index (χ2v) is 4.30. The van der Waals surface area contributed by atoms with Crippen molar-refractivity contribution in [1.82, 2.24) is 4.90 Å². The predicted molar refractivity (Wildman–Crippen MR) is 65.3 cm³/mol. The molecule has 0 aliphatic carbocycles. The molecule has 1 aromatic carbocycles. The van der Waals surface area contributed by atoms with Gasteiger partial charge in [0.05, 0.1) is 24.9 Å². The van der Waals surface area contributed by atoms with Crippen LogP contribution < -0.4 is 10.5 Å². The number of methoxy groups -OCH3 is 1. The summed E-state index contributed by atoms with van der Waals surface area (Å²) in [6.45, 7) is 0.216. The second-order valence-electron chi connectivity index (χ2n) is 4.30. The number of nitrogens with zero attached hydrogens (tertiary/aromatic N) is 1. The van der Waals surface area contributed by atoms with Crippen LogP contribution in [0.5, 0.6) is 5.75 Å². The number of likely N-dealkylation sites (tertiary alicyclic amines) is 1. The highest BCUT2D eigenvalue weighted by molar-refractivity contribution is 5.99. The van der Waals surface area contributed by atoms with Crippen molar-refractivity contribution in [3.05, 3.63) is 23.8 Å². The molecule has 4 N–H and O–H groups in total. The molecule has 1 saturated heterocycles. The average molecular weight is 252 g/mol. The molecule has 0 radical (unpaired) electrons. The molecule has 0 unspecified atom stereocenters. The predicted octanol–water partition coefficient (Wildman–Crippen LogP) is -0.545. The first kappa shape index (κ1) is 12.7. The fraction of sp³-hybridized carbons (Fsp3) is 0.417. The van der Waals surface area contributed by atoms with Crippen molar-refractivity contribution in [2.24, 2.45) is 0 Å². The molecule has 6 nitrogen and oxygen atoms in total. The van der Waals surface area contributed by atoms with Gasteiger partial charge in [0.15, 0.2) is 0 Å². The number of anilines is 1. The first-order valence-electron chi connectivity index (χ1n) is 5.62. The molecule has 18 heavy (non-hydrogen) atoms. The Labute approximate surface area is 105 Å². The minimum absolute atomic E-state index is 0.108. The van der Waals surface area contributed by atoms with Gasteiger partial charge in [0.2, 0.25) is 0 Å². The first-order chi connectivity index (χ1) is 8.52. The molecule has 2 rings (SSSR count). The van der Waals surface area contributed by atoms with E-state index in [0.29, 0.717) is 17.0 Å². The minimum Gasteiger partial charge on any atom is -0.497 e. The third-order valence-electron chi connectivity index (χ3n) is 3.04. The van der Waals surface area contributed by atoms with Crippen molar-refractivity contribution in [3.63, 3.8) is 0 Å². The largest absolute Gasteiger partial charge is 0.497 e. The van der Waals surface area contributed by atoms with Crippen molar-refractivity contribution in [2.45, 2.75) is 12.2 Å². The zero-order valence-corrected chi connectivity index (χ0v) is 10.0. The fourth-order valence-corrected chi connectivity index (χ4v) is 1.95. The van der Waals surface area contributed by atoms with Gasteiger partial charge < -0.3 is 25.6 Å². The van der Waals surface area contributed by atoms with Gasteiger partial charge in [0, 0.05) is 18.8 Å². The molecule has 0 bridgehead atoms. The van der Waals surface area contributed by atoms with Crippen molar-refractivity contribution in [2.75, 3.05) is 25.9 Å². The Kier molecular flexibility index (Phi) is 3.40. The quantitative estimate of drug-likeness (QED) is 0.614. The normalized spacial score (nSPS) is 23.2. The summed E-state index contributed by atoms with van der Waals surface area (Å²) in [5.74, 6) is 0.217. The highest BCUT2D eigenvalue weighted by Crippen LogP contribution is 2.23. The number of nitrogen functional groups attached to an aromatic ring is 1. The van der Waals surface area contributed by atoms with Crippen LogP contribution >= 0.6 is 0 Å². The highest BCUT2D eigenvalue weighted by Gasteiger charge is 2.33. The monoisotopic (exact) mass is 252 g/mol. The van der Waals surface area contributed by atoms with E-state index in [-0.39, 0.29) is 19.0 Å². The van der Waals surface area contributed by atoms with Gasteiger partial charge in [0.25, 0.3) is 5.91 Å². The van der Waals surface area contributed by atoms with Crippen LogP contribution in [0.1, 0.15) is 10.4 Å². The van der Waals surface area contributed by atoms with Crippen LogP contribution in [-0.4, -0.2) is 53.4 Å². The number of amides is 1. The molecule has 0 aromatic heterocycles. The summed E-state index contributed by atoms with van der Waals surface area (Å²) < 4.78 is 5.04. The summed E-state index contributed by atoms with van der Waals surface area (Å²) >= 11 is 0. The van der Waals surface area contributed by atoms with Crippen molar-refractivity contribution in [3.8, 4) is 5.75 Å². The number of rotatable bonds is 2. The molecule has 1 aliphatic rings. The zero-order chi connectivity index (χ0) is 13.3. The van der Waals surface area contributed by atoms with Gasteiger partial charge in [-0.2, -0.15) is 0 Å². The van der Waals surface area contributed by atoms with Crippen LogP contribution in [0.3, 0.4) is 0 Å².